The van der Waals surface area contributed by atoms with E-state index in [-0.39, 0.29) is 18.0 Å². The monoisotopic (exact) mass is 333 g/mol. The number of urea groups is 1. The summed E-state index contributed by atoms with van der Waals surface area (Å²) in [4.78, 5) is 25.0. The maximum atomic E-state index is 11.9. The molecule has 1 aliphatic carbocycles. The van der Waals surface area contributed by atoms with Gasteiger partial charge in [-0.3, -0.25) is 4.79 Å². The van der Waals surface area contributed by atoms with Crippen molar-refractivity contribution in [3.63, 3.8) is 0 Å². The number of carbonyl (C=O) groups is 2. The van der Waals surface area contributed by atoms with Crippen molar-refractivity contribution in [3.8, 4) is 0 Å². The Morgan fingerprint density at radius 1 is 1.17 bits per heavy atom. The Balaban J connectivity index is 1.58. The molecule has 0 bridgehead atoms. The van der Waals surface area contributed by atoms with Gasteiger partial charge in [0, 0.05) is 31.9 Å². The van der Waals surface area contributed by atoms with Crippen molar-refractivity contribution in [2.45, 2.75) is 38.1 Å². The summed E-state index contributed by atoms with van der Waals surface area (Å²) in [5.74, 6) is -0.972. The zero-order valence-corrected chi connectivity index (χ0v) is 14.2. The van der Waals surface area contributed by atoms with Gasteiger partial charge in [0.25, 0.3) is 0 Å². The van der Waals surface area contributed by atoms with Crippen LogP contribution in [0.5, 0.6) is 0 Å². The van der Waals surface area contributed by atoms with Crippen molar-refractivity contribution in [2.24, 2.45) is 5.92 Å². The Morgan fingerprint density at radius 2 is 1.83 bits per heavy atom. The lowest BCUT2D eigenvalue weighted by atomic mass is 9.86. The molecule has 0 unspecified atom stereocenters. The van der Waals surface area contributed by atoms with Crippen molar-refractivity contribution < 1.29 is 14.7 Å². The minimum atomic E-state index is -0.722. The van der Waals surface area contributed by atoms with E-state index in [0.717, 1.165) is 31.5 Å². The predicted octanol–water partition coefficient (Wildman–Crippen LogP) is 2.46. The first-order chi connectivity index (χ1) is 11.6. The largest absolute Gasteiger partial charge is 0.481 e. The normalized spacial score (nSPS) is 20.2. The number of rotatable bonds is 7. The molecule has 2 rings (SSSR count). The van der Waals surface area contributed by atoms with Crippen molar-refractivity contribution >= 4 is 17.7 Å². The number of aliphatic carboxylic acids is 1. The summed E-state index contributed by atoms with van der Waals surface area (Å²) >= 11 is 0. The lowest BCUT2D eigenvalue weighted by Gasteiger charge is -2.27. The molecule has 0 heterocycles. The Bertz CT molecular complexity index is 528. The van der Waals surface area contributed by atoms with E-state index in [1.54, 1.807) is 0 Å². The zero-order chi connectivity index (χ0) is 17.4. The molecule has 1 fully saturated rings. The van der Waals surface area contributed by atoms with Gasteiger partial charge in [-0.2, -0.15) is 0 Å². The molecule has 0 atom stereocenters. The summed E-state index contributed by atoms with van der Waals surface area (Å²) in [6.45, 7) is 1.49. The standard InChI is InChI=1S/C18H27N3O3/c1-21(16-6-3-2-4-7-16)13-5-12-19-18(24)20-15-10-8-14(9-11-15)17(22)23/h2-4,6-7,14-15H,5,8-13H2,1H3,(H,22,23)(H2,19,20,24). The smallest absolute Gasteiger partial charge is 0.315 e. The fraction of sp³-hybridized carbons (Fsp3) is 0.556. The van der Waals surface area contributed by atoms with Crippen LogP contribution in [-0.4, -0.2) is 43.3 Å². The fourth-order valence-corrected chi connectivity index (χ4v) is 3.05. The first kappa shape index (κ1) is 18.1. The van der Waals surface area contributed by atoms with Crippen LogP contribution in [0, 0.1) is 5.92 Å². The van der Waals surface area contributed by atoms with Crippen LogP contribution >= 0.6 is 0 Å². The SMILES string of the molecule is CN(CCCNC(=O)NC1CCC(C(=O)O)CC1)c1ccccc1. The number of para-hydroxylation sites is 1. The summed E-state index contributed by atoms with van der Waals surface area (Å²) in [6, 6.07) is 10.1. The molecule has 6 nitrogen and oxygen atoms in total. The fourth-order valence-electron chi connectivity index (χ4n) is 3.05. The lowest BCUT2D eigenvalue weighted by Crippen LogP contribution is -2.44. The minimum absolute atomic E-state index is 0.0904. The van der Waals surface area contributed by atoms with E-state index < -0.39 is 5.97 Å². The Labute approximate surface area is 143 Å². The van der Waals surface area contributed by atoms with Crippen LogP contribution in [0.2, 0.25) is 0 Å². The second kappa shape index (κ2) is 9.15. The molecule has 0 aromatic heterocycles. The predicted molar refractivity (Wildman–Crippen MR) is 94.2 cm³/mol. The highest BCUT2D eigenvalue weighted by atomic mass is 16.4. The maximum Gasteiger partial charge on any atom is 0.315 e. The van der Waals surface area contributed by atoms with Gasteiger partial charge in [-0.15, -0.1) is 0 Å². The summed E-state index contributed by atoms with van der Waals surface area (Å²) in [5, 5.41) is 14.8. The number of anilines is 1. The van der Waals surface area contributed by atoms with Crippen molar-refractivity contribution in [2.75, 3.05) is 25.0 Å². The third kappa shape index (κ3) is 5.76. The minimum Gasteiger partial charge on any atom is -0.481 e. The zero-order valence-electron chi connectivity index (χ0n) is 14.2. The molecular formula is C18H27N3O3. The number of nitrogens with zero attached hydrogens (tertiary/aromatic N) is 1. The average molecular weight is 333 g/mol. The molecule has 0 saturated heterocycles. The second-order valence-corrected chi connectivity index (χ2v) is 6.40. The number of hydrogen-bond acceptors (Lipinski definition) is 3. The van der Waals surface area contributed by atoms with Crippen LogP contribution in [0.1, 0.15) is 32.1 Å². The lowest BCUT2D eigenvalue weighted by molar-refractivity contribution is -0.142. The molecule has 3 N–H and O–H groups in total. The van der Waals surface area contributed by atoms with E-state index in [9.17, 15) is 9.59 Å². The Hall–Kier alpha value is -2.24. The van der Waals surface area contributed by atoms with Gasteiger partial charge in [0.15, 0.2) is 0 Å². The van der Waals surface area contributed by atoms with Gasteiger partial charge in [0.1, 0.15) is 0 Å². The molecule has 132 valence electrons. The summed E-state index contributed by atoms with van der Waals surface area (Å²) in [5.41, 5.74) is 1.16. The molecule has 1 aromatic carbocycles. The number of carboxylic acid groups (broad SMARTS) is 1. The molecule has 1 saturated carbocycles. The topological polar surface area (TPSA) is 81.7 Å². The quantitative estimate of drug-likeness (QED) is 0.670. The van der Waals surface area contributed by atoms with Crippen LogP contribution in [0.15, 0.2) is 30.3 Å². The number of hydrogen-bond donors (Lipinski definition) is 3. The first-order valence-corrected chi connectivity index (χ1v) is 8.59. The Morgan fingerprint density at radius 3 is 2.46 bits per heavy atom. The molecular weight excluding hydrogens is 306 g/mol. The summed E-state index contributed by atoms with van der Waals surface area (Å²) in [6.07, 6.45) is 3.62. The third-order valence-electron chi connectivity index (χ3n) is 4.56. The Kier molecular flexibility index (Phi) is 6.90. The molecule has 6 heteroatoms. The van der Waals surface area contributed by atoms with Gasteiger partial charge in [-0.05, 0) is 44.2 Å². The van der Waals surface area contributed by atoms with Gasteiger partial charge >= 0.3 is 12.0 Å². The molecule has 0 spiro atoms. The van der Waals surface area contributed by atoms with Gasteiger partial charge in [0.05, 0.1) is 5.92 Å². The highest BCUT2D eigenvalue weighted by Crippen LogP contribution is 2.24. The number of amides is 2. The third-order valence-corrected chi connectivity index (χ3v) is 4.56. The highest BCUT2D eigenvalue weighted by molar-refractivity contribution is 5.74. The van der Waals surface area contributed by atoms with E-state index in [2.05, 4.69) is 27.7 Å². The van der Waals surface area contributed by atoms with Crippen LogP contribution in [0.4, 0.5) is 10.5 Å². The number of carbonyl (C=O) groups excluding carboxylic acids is 1. The van der Waals surface area contributed by atoms with Gasteiger partial charge in [-0.25, -0.2) is 4.79 Å². The molecule has 0 radical (unpaired) electrons. The number of nitrogens with one attached hydrogen (secondary N) is 2. The van der Waals surface area contributed by atoms with Gasteiger partial charge < -0.3 is 20.6 Å². The van der Waals surface area contributed by atoms with E-state index in [1.165, 1.54) is 0 Å². The number of carboxylic acids is 1. The molecule has 1 aliphatic rings. The number of benzene rings is 1. The molecule has 2 amide bonds. The summed E-state index contributed by atoms with van der Waals surface area (Å²) < 4.78 is 0. The molecule has 1 aromatic rings. The van der Waals surface area contributed by atoms with E-state index in [0.29, 0.717) is 19.4 Å². The molecule has 24 heavy (non-hydrogen) atoms. The average Bonchev–Trinajstić information content (AvgIpc) is 2.59. The van der Waals surface area contributed by atoms with E-state index in [1.807, 2.05) is 25.2 Å². The van der Waals surface area contributed by atoms with Gasteiger partial charge in [0.2, 0.25) is 0 Å². The first-order valence-electron chi connectivity index (χ1n) is 8.59. The van der Waals surface area contributed by atoms with Gasteiger partial charge in [-0.1, -0.05) is 18.2 Å². The van der Waals surface area contributed by atoms with E-state index >= 15 is 0 Å². The maximum absolute atomic E-state index is 11.9. The second-order valence-electron chi connectivity index (χ2n) is 6.40. The van der Waals surface area contributed by atoms with Crippen molar-refractivity contribution in [3.05, 3.63) is 30.3 Å². The van der Waals surface area contributed by atoms with Crippen molar-refractivity contribution in [1.82, 2.24) is 10.6 Å². The van der Waals surface area contributed by atoms with Crippen LogP contribution < -0.4 is 15.5 Å². The van der Waals surface area contributed by atoms with Crippen LogP contribution in [0.3, 0.4) is 0 Å². The van der Waals surface area contributed by atoms with Crippen LogP contribution in [0.25, 0.3) is 0 Å². The molecule has 0 aliphatic heterocycles. The van der Waals surface area contributed by atoms with Crippen LogP contribution in [-0.2, 0) is 4.79 Å². The summed E-state index contributed by atoms with van der Waals surface area (Å²) in [7, 11) is 2.04. The van der Waals surface area contributed by atoms with E-state index in [4.69, 9.17) is 5.11 Å². The van der Waals surface area contributed by atoms with Crippen molar-refractivity contribution in [1.29, 1.82) is 0 Å². The highest BCUT2D eigenvalue weighted by Gasteiger charge is 2.26.